The lowest BCUT2D eigenvalue weighted by atomic mass is 9.91. The van der Waals surface area contributed by atoms with Crippen LogP contribution < -0.4 is 16.0 Å². The number of para-hydroxylation sites is 1. The number of hydrogen-bond acceptors (Lipinski definition) is 3. The Kier molecular flexibility index (Phi) is 9.64. The summed E-state index contributed by atoms with van der Waals surface area (Å²) in [5, 5.41) is 11.4. The van der Waals surface area contributed by atoms with E-state index in [9.17, 15) is 4.79 Å². The second kappa shape index (κ2) is 11.2. The number of anilines is 1. The molecule has 1 aromatic heterocycles. The number of guanidine groups is 1. The summed E-state index contributed by atoms with van der Waals surface area (Å²) >= 11 is 1.75. The van der Waals surface area contributed by atoms with Crippen LogP contribution in [0.5, 0.6) is 0 Å². The minimum atomic E-state index is -0.138. The molecule has 0 aliphatic heterocycles. The van der Waals surface area contributed by atoms with E-state index in [4.69, 9.17) is 0 Å². The molecule has 0 saturated carbocycles. The second-order valence-corrected chi connectivity index (χ2v) is 7.27. The Balaban J connectivity index is 0.00000338. The number of rotatable bonds is 7. The van der Waals surface area contributed by atoms with Crippen molar-refractivity contribution in [1.82, 2.24) is 10.6 Å². The monoisotopic (exact) mass is 486 g/mol. The SMILES string of the molecule is CCNC(=NCC(=O)Nc1ccccc1)NCC(C)(C)c1cccs1.I. The van der Waals surface area contributed by atoms with Crippen LogP contribution in [0.2, 0.25) is 0 Å². The van der Waals surface area contributed by atoms with E-state index in [1.807, 2.05) is 37.3 Å². The molecule has 0 fully saturated rings. The van der Waals surface area contributed by atoms with Gasteiger partial charge in [-0.2, -0.15) is 0 Å². The van der Waals surface area contributed by atoms with E-state index in [-0.39, 0.29) is 41.8 Å². The highest BCUT2D eigenvalue weighted by molar-refractivity contribution is 14.0. The maximum Gasteiger partial charge on any atom is 0.246 e. The molecule has 142 valence electrons. The van der Waals surface area contributed by atoms with E-state index in [0.29, 0.717) is 5.96 Å². The van der Waals surface area contributed by atoms with Gasteiger partial charge in [0.15, 0.2) is 5.96 Å². The van der Waals surface area contributed by atoms with E-state index in [0.717, 1.165) is 18.8 Å². The van der Waals surface area contributed by atoms with E-state index >= 15 is 0 Å². The van der Waals surface area contributed by atoms with Crippen LogP contribution in [0.25, 0.3) is 0 Å². The highest BCUT2D eigenvalue weighted by Crippen LogP contribution is 2.26. The smallest absolute Gasteiger partial charge is 0.246 e. The molecule has 0 spiro atoms. The first-order valence-electron chi connectivity index (χ1n) is 8.42. The molecule has 0 bridgehead atoms. The fraction of sp³-hybridized carbons (Fsp3) is 0.368. The molecule has 7 heteroatoms. The fourth-order valence-electron chi connectivity index (χ4n) is 2.27. The molecule has 5 nitrogen and oxygen atoms in total. The van der Waals surface area contributed by atoms with Crippen LogP contribution in [0.3, 0.4) is 0 Å². The molecule has 0 atom stereocenters. The highest BCUT2D eigenvalue weighted by atomic mass is 127. The van der Waals surface area contributed by atoms with Gasteiger partial charge in [-0.25, -0.2) is 4.99 Å². The first-order chi connectivity index (χ1) is 12.0. The van der Waals surface area contributed by atoms with Gasteiger partial charge in [-0.15, -0.1) is 35.3 Å². The van der Waals surface area contributed by atoms with Gasteiger partial charge in [0.25, 0.3) is 0 Å². The lowest BCUT2D eigenvalue weighted by molar-refractivity contribution is -0.114. The van der Waals surface area contributed by atoms with Crippen molar-refractivity contribution in [1.29, 1.82) is 0 Å². The molecule has 1 heterocycles. The fourth-order valence-corrected chi connectivity index (χ4v) is 3.12. The molecule has 26 heavy (non-hydrogen) atoms. The van der Waals surface area contributed by atoms with Crippen LogP contribution in [-0.2, 0) is 10.2 Å². The van der Waals surface area contributed by atoms with Gasteiger partial charge in [0, 0.05) is 29.1 Å². The molecular formula is C19H27IN4OS. The van der Waals surface area contributed by atoms with E-state index in [1.165, 1.54) is 4.88 Å². The Morgan fingerprint density at radius 1 is 1.12 bits per heavy atom. The van der Waals surface area contributed by atoms with Crippen LogP contribution in [0.15, 0.2) is 52.8 Å². The molecule has 2 rings (SSSR count). The zero-order chi connectivity index (χ0) is 18.1. The summed E-state index contributed by atoms with van der Waals surface area (Å²) in [5.41, 5.74) is 0.774. The first kappa shape index (κ1) is 22.4. The number of thiophene rings is 1. The van der Waals surface area contributed by atoms with Crippen molar-refractivity contribution in [2.75, 3.05) is 25.0 Å². The van der Waals surface area contributed by atoms with E-state index in [1.54, 1.807) is 11.3 Å². The minimum absolute atomic E-state index is 0. The summed E-state index contributed by atoms with van der Waals surface area (Å²) < 4.78 is 0. The maximum absolute atomic E-state index is 12.0. The molecule has 0 unspecified atom stereocenters. The summed E-state index contributed by atoms with van der Waals surface area (Å²) in [6.07, 6.45) is 0. The highest BCUT2D eigenvalue weighted by Gasteiger charge is 2.21. The summed E-state index contributed by atoms with van der Waals surface area (Å²) in [4.78, 5) is 17.7. The number of nitrogens with zero attached hydrogens (tertiary/aromatic N) is 1. The Labute approximate surface area is 176 Å². The summed E-state index contributed by atoms with van der Waals surface area (Å²) in [7, 11) is 0. The normalized spacial score (nSPS) is 11.4. The third kappa shape index (κ3) is 7.33. The van der Waals surface area contributed by atoms with Crippen molar-refractivity contribution in [3.8, 4) is 0 Å². The quantitative estimate of drug-likeness (QED) is 0.317. The zero-order valence-corrected chi connectivity index (χ0v) is 18.6. The molecule has 0 saturated heterocycles. The van der Waals surface area contributed by atoms with Gasteiger partial charge in [-0.1, -0.05) is 38.1 Å². The predicted octanol–water partition coefficient (Wildman–Crippen LogP) is 3.84. The standard InChI is InChI=1S/C19H26N4OS.HI/c1-4-20-18(22-14-19(2,3)16-11-8-12-25-16)21-13-17(24)23-15-9-6-5-7-10-15;/h5-12H,4,13-14H2,1-3H3,(H,23,24)(H2,20,21,22);1H. The van der Waals surface area contributed by atoms with Gasteiger partial charge in [0.2, 0.25) is 5.91 Å². The van der Waals surface area contributed by atoms with Gasteiger partial charge >= 0.3 is 0 Å². The van der Waals surface area contributed by atoms with Crippen molar-refractivity contribution in [2.45, 2.75) is 26.2 Å². The van der Waals surface area contributed by atoms with Gasteiger partial charge in [-0.05, 0) is 30.5 Å². The summed E-state index contributed by atoms with van der Waals surface area (Å²) in [6, 6.07) is 13.6. The molecule has 3 N–H and O–H groups in total. The Morgan fingerprint density at radius 3 is 2.46 bits per heavy atom. The van der Waals surface area contributed by atoms with Crippen LogP contribution in [-0.4, -0.2) is 31.5 Å². The lowest BCUT2D eigenvalue weighted by Gasteiger charge is -2.25. The molecule has 0 aliphatic carbocycles. The summed E-state index contributed by atoms with van der Waals surface area (Å²) in [5.74, 6) is 0.510. The summed E-state index contributed by atoms with van der Waals surface area (Å²) in [6.45, 7) is 7.94. The van der Waals surface area contributed by atoms with Gasteiger partial charge in [0.1, 0.15) is 6.54 Å². The van der Waals surface area contributed by atoms with Gasteiger partial charge < -0.3 is 16.0 Å². The van der Waals surface area contributed by atoms with Gasteiger partial charge in [-0.3, -0.25) is 4.79 Å². The number of aliphatic imine (C=N–C) groups is 1. The number of benzene rings is 1. The predicted molar refractivity (Wildman–Crippen MR) is 122 cm³/mol. The minimum Gasteiger partial charge on any atom is -0.357 e. The van der Waals surface area contributed by atoms with Crippen LogP contribution in [0.4, 0.5) is 5.69 Å². The molecular weight excluding hydrogens is 459 g/mol. The van der Waals surface area contributed by atoms with Gasteiger partial charge in [0.05, 0.1) is 0 Å². The van der Waals surface area contributed by atoms with E-state index in [2.05, 4.69) is 52.3 Å². The topological polar surface area (TPSA) is 65.5 Å². The number of carbonyl (C=O) groups excluding carboxylic acids is 1. The third-order valence-corrected chi connectivity index (χ3v) is 4.90. The number of amides is 1. The van der Waals surface area contributed by atoms with Crippen LogP contribution in [0, 0.1) is 0 Å². The third-order valence-electron chi connectivity index (χ3n) is 3.67. The lowest BCUT2D eigenvalue weighted by Crippen LogP contribution is -2.43. The van der Waals surface area contributed by atoms with Crippen molar-refractivity contribution >= 4 is 52.9 Å². The number of carbonyl (C=O) groups is 1. The van der Waals surface area contributed by atoms with Crippen LogP contribution >= 0.6 is 35.3 Å². The Bertz CT molecular complexity index is 687. The molecule has 2 aromatic rings. The van der Waals surface area contributed by atoms with Crippen LogP contribution in [0.1, 0.15) is 25.6 Å². The van der Waals surface area contributed by atoms with Crippen molar-refractivity contribution in [3.05, 3.63) is 52.7 Å². The second-order valence-electron chi connectivity index (χ2n) is 6.32. The van der Waals surface area contributed by atoms with Crippen molar-refractivity contribution in [3.63, 3.8) is 0 Å². The first-order valence-corrected chi connectivity index (χ1v) is 9.30. The number of halogens is 1. The van der Waals surface area contributed by atoms with E-state index < -0.39 is 0 Å². The molecule has 0 aliphatic rings. The Hall–Kier alpha value is -1.61. The molecule has 1 aromatic carbocycles. The molecule has 1 amide bonds. The zero-order valence-electron chi connectivity index (χ0n) is 15.4. The molecule has 0 radical (unpaired) electrons. The Morgan fingerprint density at radius 2 is 1.85 bits per heavy atom. The van der Waals surface area contributed by atoms with Crippen molar-refractivity contribution < 1.29 is 4.79 Å². The van der Waals surface area contributed by atoms with Crippen molar-refractivity contribution in [2.24, 2.45) is 4.99 Å². The average Bonchev–Trinajstić information content (AvgIpc) is 3.14. The largest absolute Gasteiger partial charge is 0.357 e. The number of hydrogen-bond donors (Lipinski definition) is 3. The number of nitrogens with one attached hydrogen (secondary N) is 3. The average molecular weight is 486 g/mol. The maximum atomic E-state index is 12.0.